The summed E-state index contributed by atoms with van der Waals surface area (Å²) in [6, 6.07) is 78.8. The standard InChI is InChI=1S/C62H35N5O/c63-36-42-34-59(43(37-64)33-58(42)66-54-27-23-40(38-13-3-1-4-14-38)31-49(54)50-32-41(24-28-55(50)66)39-15-5-2-6-16-39)67-56-29-25-44(65-52-20-10-7-17-45(52)46-18-8-11-21-53(46)65)35-51(56)61-57(67)30-26-48-47-19-9-12-22-60(47)68-62(48)61/h1-35H. The first-order valence-electron chi connectivity index (χ1n) is 22.7. The van der Waals surface area contributed by atoms with E-state index in [4.69, 9.17) is 4.42 Å². The Morgan fingerprint density at radius 2 is 0.794 bits per heavy atom. The molecule has 0 bridgehead atoms. The third-order valence-corrected chi connectivity index (χ3v) is 13.9. The fraction of sp³-hybridized carbons (Fsp3) is 0. The molecule has 0 fully saturated rings. The number of nitrogens with zero attached hydrogens (tertiary/aromatic N) is 5. The molecule has 0 spiro atoms. The van der Waals surface area contributed by atoms with Crippen LogP contribution in [0, 0.1) is 22.7 Å². The Balaban J connectivity index is 1.04. The van der Waals surface area contributed by atoms with Crippen LogP contribution in [0.5, 0.6) is 0 Å². The molecule has 0 radical (unpaired) electrons. The van der Waals surface area contributed by atoms with Gasteiger partial charge in [-0.05, 0) is 107 Å². The highest BCUT2D eigenvalue weighted by Crippen LogP contribution is 2.44. The van der Waals surface area contributed by atoms with Gasteiger partial charge in [-0.25, -0.2) is 0 Å². The number of rotatable bonds is 5. The second-order valence-corrected chi connectivity index (χ2v) is 17.5. The van der Waals surface area contributed by atoms with Gasteiger partial charge in [0.05, 0.1) is 61.0 Å². The van der Waals surface area contributed by atoms with E-state index in [0.717, 1.165) is 105 Å². The zero-order valence-corrected chi connectivity index (χ0v) is 36.4. The Morgan fingerprint density at radius 3 is 1.38 bits per heavy atom. The van der Waals surface area contributed by atoms with Crippen molar-refractivity contribution in [1.29, 1.82) is 10.5 Å². The number of hydrogen-bond donors (Lipinski definition) is 0. The lowest BCUT2D eigenvalue weighted by atomic mass is 10.0. The summed E-state index contributed by atoms with van der Waals surface area (Å²) in [5.41, 5.74) is 15.1. The summed E-state index contributed by atoms with van der Waals surface area (Å²) in [5, 5.41) is 30.9. The molecular formula is C62H35N5O. The van der Waals surface area contributed by atoms with Crippen molar-refractivity contribution in [2.24, 2.45) is 0 Å². The molecule has 4 heterocycles. The van der Waals surface area contributed by atoms with E-state index < -0.39 is 0 Å². The normalized spacial score (nSPS) is 11.8. The van der Waals surface area contributed by atoms with Crippen LogP contribution >= 0.6 is 0 Å². The molecule has 0 aliphatic heterocycles. The van der Waals surface area contributed by atoms with Gasteiger partial charge in [0, 0.05) is 43.4 Å². The molecule has 0 saturated heterocycles. The van der Waals surface area contributed by atoms with Gasteiger partial charge in [-0.1, -0.05) is 127 Å². The molecule has 0 aliphatic carbocycles. The number of furan rings is 1. The zero-order valence-electron chi connectivity index (χ0n) is 36.4. The lowest BCUT2D eigenvalue weighted by Gasteiger charge is -2.16. The van der Waals surface area contributed by atoms with Crippen molar-refractivity contribution >= 4 is 87.4 Å². The Hall–Kier alpha value is -9.62. The minimum atomic E-state index is 0.436. The molecule has 14 aromatic rings. The van der Waals surface area contributed by atoms with Crippen molar-refractivity contribution in [2.45, 2.75) is 0 Å². The minimum Gasteiger partial charge on any atom is -0.455 e. The molecule has 14 rings (SSSR count). The predicted octanol–water partition coefficient (Wildman–Crippen LogP) is 16.0. The van der Waals surface area contributed by atoms with E-state index in [2.05, 4.69) is 196 Å². The van der Waals surface area contributed by atoms with Gasteiger partial charge < -0.3 is 18.1 Å². The molecule has 0 atom stereocenters. The summed E-state index contributed by atoms with van der Waals surface area (Å²) < 4.78 is 13.4. The molecule has 0 amide bonds. The van der Waals surface area contributed by atoms with E-state index in [0.29, 0.717) is 22.5 Å². The van der Waals surface area contributed by atoms with Gasteiger partial charge in [0.2, 0.25) is 0 Å². The van der Waals surface area contributed by atoms with Crippen LogP contribution in [0.15, 0.2) is 217 Å². The van der Waals surface area contributed by atoms with Gasteiger partial charge in [0.15, 0.2) is 0 Å². The molecule has 0 N–H and O–H groups in total. The van der Waals surface area contributed by atoms with E-state index in [1.165, 1.54) is 10.8 Å². The largest absolute Gasteiger partial charge is 0.455 e. The molecule has 314 valence electrons. The maximum atomic E-state index is 11.3. The fourth-order valence-corrected chi connectivity index (χ4v) is 10.9. The number of nitriles is 2. The summed E-state index contributed by atoms with van der Waals surface area (Å²) in [7, 11) is 0. The van der Waals surface area contributed by atoms with Gasteiger partial charge in [0.1, 0.15) is 23.3 Å². The van der Waals surface area contributed by atoms with Crippen LogP contribution in [0.1, 0.15) is 11.1 Å². The molecule has 68 heavy (non-hydrogen) atoms. The number of aromatic nitrogens is 3. The Labute approximate surface area is 389 Å². The molecule has 0 unspecified atom stereocenters. The zero-order chi connectivity index (χ0) is 45.0. The Kier molecular flexibility index (Phi) is 8.01. The van der Waals surface area contributed by atoms with E-state index >= 15 is 0 Å². The van der Waals surface area contributed by atoms with Gasteiger partial charge in [0.25, 0.3) is 0 Å². The molecule has 4 aromatic heterocycles. The number of benzene rings is 10. The van der Waals surface area contributed by atoms with Crippen molar-refractivity contribution in [2.75, 3.05) is 0 Å². The second-order valence-electron chi connectivity index (χ2n) is 17.5. The first-order valence-corrected chi connectivity index (χ1v) is 22.7. The maximum Gasteiger partial charge on any atom is 0.145 e. The van der Waals surface area contributed by atoms with Crippen LogP contribution in [0.4, 0.5) is 0 Å². The molecule has 6 heteroatoms. The predicted molar refractivity (Wildman–Crippen MR) is 277 cm³/mol. The summed E-state index contributed by atoms with van der Waals surface area (Å²) in [4.78, 5) is 0. The van der Waals surface area contributed by atoms with E-state index in [1.54, 1.807) is 0 Å². The van der Waals surface area contributed by atoms with Gasteiger partial charge in [-0.3, -0.25) is 0 Å². The van der Waals surface area contributed by atoms with Gasteiger partial charge >= 0.3 is 0 Å². The van der Waals surface area contributed by atoms with Crippen LogP contribution in [-0.4, -0.2) is 13.7 Å². The molecule has 0 saturated carbocycles. The van der Waals surface area contributed by atoms with E-state index in [1.807, 2.05) is 42.5 Å². The molecule has 10 aromatic carbocycles. The van der Waals surface area contributed by atoms with Crippen molar-refractivity contribution in [1.82, 2.24) is 13.7 Å². The monoisotopic (exact) mass is 865 g/mol. The minimum absolute atomic E-state index is 0.436. The van der Waals surface area contributed by atoms with Crippen molar-refractivity contribution in [3.8, 4) is 51.5 Å². The van der Waals surface area contributed by atoms with E-state index in [-0.39, 0.29) is 0 Å². The van der Waals surface area contributed by atoms with Crippen LogP contribution in [-0.2, 0) is 0 Å². The Bertz CT molecular complexity index is 4360. The third-order valence-electron chi connectivity index (χ3n) is 13.9. The first-order chi connectivity index (χ1) is 33.6. The fourth-order valence-electron chi connectivity index (χ4n) is 10.9. The maximum absolute atomic E-state index is 11.3. The highest BCUT2D eigenvalue weighted by Gasteiger charge is 2.25. The average Bonchev–Trinajstić information content (AvgIpc) is 4.14. The molecular weight excluding hydrogens is 831 g/mol. The first kappa shape index (κ1) is 37.7. The number of fused-ring (bicyclic) bond motifs is 13. The third kappa shape index (κ3) is 5.37. The average molecular weight is 866 g/mol. The lowest BCUT2D eigenvalue weighted by Crippen LogP contribution is -2.04. The van der Waals surface area contributed by atoms with Crippen molar-refractivity contribution < 1.29 is 4.42 Å². The van der Waals surface area contributed by atoms with Crippen LogP contribution in [0.25, 0.3) is 127 Å². The van der Waals surface area contributed by atoms with Gasteiger partial charge in [-0.2, -0.15) is 10.5 Å². The quantitative estimate of drug-likeness (QED) is 0.173. The molecule has 0 aliphatic rings. The van der Waals surface area contributed by atoms with Crippen LogP contribution < -0.4 is 0 Å². The highest BCUT2D eigenvalue weighted by molar-refractivity contribution is 6.24. The summed E-state index contributed by atoms with van der Waals surface area (Å²) in [6.07, 6.45) is 0. The number of hydrogen-bond acceptors (Lipinski definition) is 3. The van der Waals surface area contributed by atoms with E-state index in [9.17, 15) is 10.5 Å². The summed E-state index contributed by atoms with van der Waals surface area (Å²) in [6.45, 7) is 0. The Morgan fingerprint density at radius 1 is 0.324 bits per heavy atom. The summed E-state index contributed by atoms with van der Waals surface area (Å²) >= 11 is 0. The highest BCUT2D eigenvalue weighted by atomic mass is 16.3. The number of para-hydroxylation sites is 3. The molecule has 6 nitrogen and oxygen atoms in total. The lowest BCUT2D eigenvalue weighted by molar-refractivity contribution is 0.673. The summed E-state index contributed by atoms with van der Waals surface area (Å²) in [5.74, 6) is 0. The van der Waals surface area contributed by atoms with Crippen LogP contribution in [0.2, 0.25) is 0 Å². The van der Waals surface area contributed by atoms with Gasteiger partial charge in [-0.15, -0.1) is 0 Å². The SMILES string of the molecule is N#Cc1cc(-n2c3ccc(-n4c5ccccc5c5ccccc54)cc3c3c4oc5ccccc5c4ccc32)c(C#N)cc1-n1c2ccc(-c3ccccc3)cc2c2cc(-c3ccccc3)ccc21. The van der Waals surface area contributed by atoms with Crippen molar-refractivity contribution in [3.05, 3.63) is 223 Å². The topological polar surface area (TPSA) is 75.5 Å². The van der Waals surface area contributed by atoms with Crippen LogP contribution in [0.3, 0.4) is 0 Å². The van der Waals surface area contributed by atoms with Crippen molar-refractivity contribution in [3.63, 3.8) is 0 Å². The second kappa shape index (κ2) is 14.4. The smallest absolute Gasteiger partial charge is 0.145 e.